The van der Waals surface area contributed by atoms with Gasteiger partial charge in [-0.05, 0) is 118 Å². The fourth-order valence-corrected chi connectivity index (χ4v) is 6.48. The predicted octanol–water partition coefficient (Wildman–Crippen LogP) is 7.09. The molecule has 1 nitrogen and oxygen atoms in total. The van der Waals surface area contributed by atoms with Gasteiger partial charge in [0.05, 0.1) is 12.7 Å². The summed E-state index contributed by atoms with van der Waals surface area (Å²) < 4.78 is 5.98. The fourth-order valence-electron chi connectivity index (χ4n) is 6.48. The van der Waals surface area contributed by atoms with Gasteiger partial charge in [-0.3, -0.25) is 0 Å². The molecule has 0 saturated heterocycles. The molecule has 1 heteroatoms. The Kier molecular flexibility index (Phi) is 7.29. The van der Waals surface area contributed by atoms with Crippen LogP contribution in [0.25, 0.3) is 0 Å². The first-order valence-corrected chi connectivity index (χ1v) is 12.2. The minimum absolute atomic E-state index is 0.495. The summed E-state index contributed by atoms with van der Waals surface area (Å²) in [4.78, 5) is 0. The molecule has 0 aliphatic heterocycles. The second kappa shape index (κ2) is 10.1. The van der Waals surface area contributed by atoms with Crippen LogP contribution >= 0.6 is 0 Å². The van der Waals surface area contributed by atoms with Crippen molar-refractivity contribution in [1.29, 1.82) is 0 Å². The molecule has 5 unspecified atom stereocenters. The number of allylic oxidation sites excluding steroid dienone is 2. The lowest BCUT2D eigenvalue weighted by molar-refractivity contribution is -0.0137. The number of benzene rings is 1. The lowest BCUT2D eigenvalue weighted by atomic mass is 9.62. The second-order valence-corrected chi connectivity index (χ2v) is 9.86. The topological polar surface area (TPSA) is 9.23 Å². The Hall–Kier alpha value is -1.34. The maximum atomic E-state index is 5.98. The van der Waals surface area contributed by atoms with Crippen LogP contribution in [0.4, 0.5) is 0 Å². The van der Waals surface area contributed by atoms with Crippen LogP contribution in [0.3, 0.4) is 0 Å². The summed E-state index contributed by atoms with van der Waals surface area (Å²) in [5, 5.41) is 0. The van der Waals surface area contributed by atoms with E-state index in [1.165, 1.54) is 76.2 Å². The Labute approximate surface area is 178 Å². The lowest BCUT2D eigenvalue weighted by Gasteiger charge is -2.44. The van der Waals surface area contributed by atoms with Crippen molar-refractivity contribution in [3.8, 4) is 0 Å². The van der Waals surface area contributed by atoms with Gasteiger partial charge in [0.15, 0.2) is 0 Å². The molecule has 0 amide bonds. The summed E-state index contributed by atoms with van der Waals surface area (Å²) in [6, 6.07) is 7.36. The number of hydrogen-bond donors (Lipinski definition) is 0. The van der Waals surface area contributed by atoms with Gasteiger partial charge < -0.3 is 4.74 Å². The van der Waals surface area contributed by atoms with Crippen LogP contribution in [0.1, 0.15) is 75.0 Å². The van der Waals surface area contributed by atoms with Crippen molar-refractivity contribution in [3.05, 3.63) is 59.7 Å². The zero-order valence-electron chi connectivity index (χ0n) is 18.5. The van der Waals surface area contributed by atoms with E-state index in [1.54, 1.807) is 11.1 Å². The second-order valence-electron chi connectivity index (χ2n) is 9.86. The van der Waals surface area contributed by atoms with E-state index in [4.69, 9.17) is 4.74 Å². The zero-order valence-corrected chi connectivity index (χ0v) is 18.5. The van der Waals surface area contributed by atoms with Gasteiger partial charge in [0.2, 0.25) is 0 Å². The first-order valence-electron chi connectivity index (χ1n) is 12.2. The molecule has 4 rings (SSSR count). The van der Waals surface area contributed by atoms with Crippen LogP contribution in [-0.2, 0) is 24.0 Å². The van der Waals surface area contributed by atoms with E-state index in [9.17, 15) is 0 Å². The molecule has 3 aliphatic carbocycles. The first-order chi connectivity index (χ1) is 14.3. The summed E-state index contributed by atoms with van der Waals surface area (Å²) in [5.41, 5.74) is 4.82. The number of rotatable bonds is 7. The maximum absolute atomic E-state index is 5.98. The molecule has 158 valence electrons. The SMILES string of the molecule is C=CCOC1CCC2CC(C3CCc4cc(CCC=CC)ccc4C3)CCC2C1. The Morgan fingerprint density at radius 2 is 1.76 bits per heavy atom. The molecule has 1 aromatic carbocycles. The Morgan fingerprint density at radius 3 is 2.59 bits per heavy atom. The molecule has 5 atom stereocenters. The van der Waals surface area contributed by atoms with Crippen LogP contribution < -0.4 is 0 Å². The van der Waals surface area contributed by atoms with Crippen LogP contribution in [0.15, 0.2) is 43.0 Å². The molecule has 0 aromatic heterocycles. The Balaban J connectivity index is 1.31. The molecule has 3 aliphatic rings. The number of fused-ring (bicyclic) bond motifs is 2. The van der Waals surface area contributed by atoms with E-state index in [0.29, 0.717) is 6.10 Å². The van der Waals surface area contributed by atoms with Crippen molar-refractivity contribution in [2.24, 2.45) is 23.7 Å². The van der Waals surface area contributed by atoms with Gasteiger partial charge in [0.1, 0.15) is 0 Å². The average Bonchev–Trinajstić information content (AvgIpc) is 2.77. The molecular weight excluding hydrogens is 352 g/mol. The lowest BCUT2D eigenvalue weighted by Crippen LogP contribution is -2.37. The van der Waals surface area contributed by atoms with Gasteiger partial charge in [-0.25, -0.2) is 0 Å². The quantitative estimate of drug-likeness (QED) is 0.450. The molecular formula is C28H40O. The smallest absolute Gasteiger partial charge is 0.0648 e. The van der Waals surface area contributed by atoms with Crippen molar-refractivity contribution < 1.29 is 4.74 Å². The van der Waals surface area contributed by atoms with E-state index in [1.807, 2.05) is 6.08 Å². The first kappa shape index (κ1) is 20.9. The largest absolute Gasteiger partial charge is 0.374 e. The third kappa shape index (κ3) is 5.23. The molecule has 1 aromatic rings. The molecule has 0 bridgehead atoms. The molecule has 0 spiro atoms. The van der Waals surface area contributed by atoms with Crippen molar-refractivity contribution in [2.75, 3.05) is 6.61 Å². The number of ether oxygens (including phenoxy) is 1. The van der Waals surface area contributed by atoms with Gasteiger partial charge in [0, 0.05) is 0 Å². The minimum Gasteiger partial charge on any atom is -0.374 e. The Morgan fingerprint density at radius 1 is 0.966 bits per heavy atom. The van der Waals surface area contributed by atoms with E-state index in [2.05, 4.69) is 43.9 Å². The summed E-state index contributed by atoms with van der Waals surface area (Å²) >= 11 is 0. The van der Waals surface area contributed by atoms with Gasteiger partial charge in [0.25, 0.3) is 0 Å². The molecule has 0 heterocycles. The van der Waals surface area contributed by atoms with E-state index >= 15 is 0 Å². The Bertz CT molecular complexity index is 702. The number of aryl methyl sites for hydroxylation is 2. The van der Waals surface area contributed by atoms with Gasteiger partial charge in [-0.15, -0.1) is 6.58 Å². The molecule has 29 heavy (non-hydrogen) atoms. The normalized spacial score (nSPS) is 32.0. The highest BCUT2D eigenvalue weighted by molar-refractivity contribution is 5.34. The van der Waals surface area contributed by atoms with Crippen LogP contribution in [0.5, 0.6) is 0 Å². The third-order valence-electron chi connectivity index (χ3n) is 8.09. The standard InChI is InChI=1S/C28H40O/c1-3-5-6-7-21-8-9-23-18-24(11-10-22(23)17-21)25-12-13-27-20-28(29-16-4-2)15-14-26(27)19-25/h3-5,8-9,17,24-28H,2,6-7,10-16,18-20H2,1H3. The monoisotopic (exact) mass is 392 g/mol. The van der Waals surface area contributed by atoms with Crippen LogP contribution in [-0.4, -0.2) is 12.7 Å². The van der Waals surface area contributed by atoms with Gasteiger partial charge in [-0.2, -0.15) is 0 Å². The van der Waals surface area contributed by atoms with Crippen LogP contribution in [0.2, 0.25) is 0 Å². The molecule has 0 N–H and O–H groups in total. The highest BCUT2D eigenvalue weighted by Crippen LogP contribution is 2.47. The van der Waals surface area contributed by atoms with Crippen molar-refractivity contribution in [3.63, 3.8) is 0 Å². The molecule has 2 saturated carbocycles. The summed E-state index contributed by atoms with van der Waals surface area (Å²) in [7, 11) is 0. The van der Waals surface area contributed by atoms with E-state index in [-0.39, 0.29) is 0 Å². The maximum Gasteiger partial charge on any atom is 0.0648 e. The minimum atomic E-state index is 0.495. The highest BCUT2D eigenvalue weighted by atomic mass is 16.5. The summed E-state index contributed by atoms with van der Waals surface area (Å²) in [6.45, 7) is 6.64. The third-order valence-corrected chi connectivity index (χ3v) is 8.09. The van der Waals surface area contributed by atoms with Crippen molar-refractivity contribution in [1.82, 2.24) is 0 Å². The van der Waals surface area contributed by atoms with Crippen molar-refractivity contribution in [2.45, 2.75) is 83.7 Å². The van der Waals surface area contributed by atoms with Crippen molar-refractivity contribution >= 4 is 0 Å². The zero-order chi connectivity index (χ0) is 20.1. The number of hydrogen-bond acceptors (Lipinski definition) is 1. The van der Waals surface area contributed by atoms with Gasteiger partial charge >= 0.3 is 0 Å². The fraction of sp³-hybridized carbons (Fsp3) is 0.643. The molecule has 0 radical (unpaired) electrons. The highest BCUT2D eigenvalue weighted by Gasteiger charge is 2.38. The van der Waals surface area contributed by atoms with E-state index < -0.39 is 0 Å². The van der Waals surface area contributed by atoms with E-state index in [0.717, 1.165) is 30.3 Å². The van der Waals surface area contributed by atoms with Gasteiger partial charge in [-0.1, -0.05) is 36.4 Å². The summed E-state index contributed by atoms with van der Waals surface area (Å²) in [5.74, 6) is 3.77. The van der Waals surface area contributed by atoms with Crippen LogP contribution in [0, 0.1) is 23.7 Å². The summed E-state index contributed by atoms with van der Waals surface area (Å²) in [6.07, 6.45) is 21.6. The predicted molar refractivity (Wildman–Crippen MR) is 123 cm³/mol. The molecule has 2 fully saturated rings. The average molecular weight is 393 g/mol.